The molecular formula is C23H24N6O3. The lowest BCUT2D eigenvalue weighted by molar-refractivity contribution is -0.125. The lowest BCUT2D eigenvalue weighted by Crippen LogP contribution is -2.27. The zero-order valence-corrected chi connectivity index (χ0v) is 18.0. The van der Waals surface area contributed by atoms with E-state index < -0.39 is 5.56 Å². The van der Waals surface area contributed by atoms with Gasteiger partial charge >= 0.3 is 0 Å². The minimum absolute atomic E-state index is 0.0771. The van der Waals surface area contributed by atoms with Crippen molar-refractivity contribution in [1.29, 1.82) is 0 Å². The number of hydrogen-bond acceptors (Lipinski definition) is 6. The van der Waals surface area contributed by atoms with Crippen LogP contribution in [0.5, 0.6) is 0 Å². The van der Waals surface area contributed by atoms with E-state index in [9.17, 15) is 9.59 Å². The van der Waals surface area contributed by atoms with Gasteiger partial charge in [-0.1, -0.05) is 18.2 Å². The number of nitrogens with two attached hydrogens (primary N) is 1. The number of aromatic amines is 1. The Morgan fingerprint density at radius 1 is 1.41 bits per heavy atom. The van der Waals surface area contributed by atoms with Gasteiger partial charge < -0.3 is 15.1 Å². The second kappa shape index (κ2) is 7.37. The van der Waals surface area contributed by atoms with Gasteiger partial charge in [0.25, 0.3) is 5.56 Å². The second-order valence-corrected chi connectivity index (χ2v) is 8.39. The number of carbonyl (C=O) groups excluding carboxylic acids is 1. The summed E-state index contributed by atoms with van der Waals surface area (Å²) in [6.45, 7) is 9.37. The number of anilines is 1. The van der Waals surface area contributed by atoms with E-state index in [0.717, 1.165) is 28.5 Å². The number of likely N-dealkylation sites (tertiary alicyclic amines) is 1. The van der Waals surface area contributed by atoms with Crippen LogP contribution in [0.3, 0.4) is 0 Å². The van der Waals surface area contributed by atoms with Crippen LogP contribution in [-0.4, -0.2) is 43.9 Å². The smallest absolute Gasteiger partial charge is 0.292 e. The van der Waals surface area contributed by atoms with Crippen molar-refractivity contribution in [3.63, 3.8) is 0 Å². The molecule has 5 rings (SSSR count). The van der Waals surface area contributed by atoms with Gasteiger partial charge in [0.05, 0.1) is 5.39 Å². The average molecular weight is 432 g/mol. The van der Waals surface area contributed by atoms with Gasteiger partial charge in [-0.3, -0.25) is 14.3 Å². The van der Waals surface area contributed by atoms with Crippen LogP contribution in [-0.2, 0) is 11.3 Å². The Bertz CT molecular complexity index is 1440. The molecule has 1 amide bonds. The molecule has 164 valence electrons. The van der Waals surface area contributed by atoms with Crippen LogP contribution < -0.4 is 11.3 Å². The summed E-state index contributed by atoms with van der Waals surface area (Å²) in [7, 11) is 0. The van der Waals surface area contributed by atoms with Crippen molar-refractivity contribution in [3.8, 4) is 11.5 Å². The molecule has 1 aliphatic heterocycles. The largest absolute Gasteiger partial charge is 0.454 e. The summed E-state index contributed by atoms with van der Waals surface area (Å²) in [5, 5.41) is 12.4. The fraction of sp³-hybridized carbons (Fsp3) is 0.304. The third kappa shape index (κ3) is 3.08. The number of fused-ring (bicyclic) bond motifs is 2. The first kappa shape index (κ1) is 20.0. The monoisotopic (exact) mass is 432 g/mol. The van der Waals surface area contributed by atoms with Gasteiger partial charge in [0, 0.05) is 30.6 Å². The molecule has 4 aromatic rings. The number of carbonyl (C=O) groups is 1. The average Bonchev–Trinajstić information content (AvgIpc) is 3.47. The number of aromatic nitrogens is 4. The molecular weight excluding hydrogens is 408 g/mol. The number of hydrogen-bond donors (Lipinski definition) is 2. The number of nitrogen functional groups attached to an aromatic ring is 1. The van der Waals surface area contributed by atoms with Crippen LogP contribution in [0.15, 0.2) is 40.1 Å². The quantitative estimate of drug-likeness (QED) is 0.478. The Morgan fingerprint density at radius 2 is 2.22 bits per heavy atom. The highest BCUT2D eigenvalue weighted by Crippen LogP contribution is 2.38. The predicted molar refractivity (Wildman–Crippen MR) is 122 cm³/mol. The number of nitrogens with zero attached hydrogens (tertiary/aromatic N) is 4. The summed E-state index contributed by atoms with van der Waals surface area (Å²) in [5.74, 6) is 0.898. The fourth-order valence-corrected chi connectivity index (χ4v) is 4.56. The number of rotatable bonds is 4. The molecule has 9 nitrogen and oxygen atoms in total. The highest BCUT2D eigenvalue weighted by molar-refractivity contribution is 6.01. The molecule has 0 saturated carbocycles. The molecule has 3 N–H and O–H groups in total. The summed E-state index contributed by atoms with van der Waals surface area (Å²) in [5.41, 5.74) is 9.47. The van der Waals surface area contributed by atoms with E-state index in [0.29, 0.717) is 36.5 Å². The van der Waals surface area contributed by atoms with E-state index in [2.05, 4.69) is 27.9 Å². The highest BCUT2D eigenvalue weighted by atomic mass is 16.3. The Morgan fingerprint density at radius 3 is 3.00 bits per heavy atom. The summed E-state index contributed by atoms with van der Waals surface area (Å²) in [6.07, 6.45) is 2.17. The molecule has 1 fully saturated rings. The fourth-order valence-electron chi connectivity index (χ4n) is 4.56. The van der Waals surface area contributed by atoms with E-state index in [1.165, 1.54) is 6.08 Å². The molecule has 1 saturated heterocycles. The minimum atomic E-state index is -0.409. The maximum Gasteiger partial charge on any atom is 0.292 e. The molecule has 32 heavy (non-hydrogen) atoms. The van der Waals surface area contributed by atoms with Crippen LogP contribution >= 0.6 is 0 Å². The van der Waals surface area contributed by atoms with Gasteiger partial charge in [-0.2, -0.15) is 10.2 Å². The molecule has 1 atom stereocenters. The van der Waals surface area contributed by atoms with Crippen molar-refractivity contribution >= 4 is 33.6 Å². The number of H-pyrrole nitrogens is 1. The summed E-state index contributed by atoms with van der Waals surface area (Å²) in [4.78, 5) is 26.3. The normalized spacial score (nSPS) is 16.3. The lowest BCUT2D eigenvalue weighted by atomic mass is 10.1. The Balaban J connectivity index is 1.67. The SMILES string of the molecule is C=CC(=O)N1CCC(Cn2nc3c(=O)[nH]nc(N)c3c2-c2oc3ccc(C)cc3c2C)C1. The number of benzene rings is 1. The van der Waals surface area contributed by atoms with E-state index in [1.54, 1.807) is 9.58 Å². The zero-order valence-electron chi connectivity index (χ0n) is 18.0. The molecule has 4 heterocycles. The molecule has 0 aliphatic carbocycles. The van der Waals surface area contributed by atoms with Gasteiger partial charge in [0.1, 0.15) is 11.3 Å². The number of nitrogens with one attached hydrogen (secondary N) is 1. The third-order valence-corrected chi connectivity index (χ3v) is 6.21. The standard InChI is InChI=1S/C23H24N6O3/c1-4-17(30)28-8-7-14(10-28)11-29-20(18-19(27-29)23(31)26-25-22(18)24)21-13(3)15-9-12(2)5-6-16(15)32-21/h4-6,9,14H,1,7-8,10-11H2,2-3H3,(H2,24,25)(H,26,31). The van der Waals surface area contributed by atoms with Crippen molar-refractivity contribution in [1.82, 2.24) is 24.9 Å². The molecule has 3 aromatic heterocycles. The molecule has 1 aromatic carbocycles. The van der Waals surface area contributed by atoms with Crippen LogP contribution in [0, 0.1) is 19.8 Å². The van der Waals surface area contributed by atoms with Crippen LogP contribution in [0.1, 0.15) is 17.5 Å². The Labute approximate surface area is 183 Å². The molecule has 0 radical (unpaired) electrons. The summed E-state index contributed by atoms with van der Waals surface area (Å²) < 4.78 is 8.03. The third-order valence-electron chi connectivity index (χ3n) is 6.21. The lowest BCUT2D eigenvalue weighted by Gasteiger charge is -2.15. The minimum Gasteiger partial charge on any atom is -0.454 e. The van der Waals surface area contributed by atoms with Gasteiger partial charge in [0.15, 0.2) is 17.1 Å². The van der Waals surface area contributed by atoms with Gasteiger partial charge in [0.2, 0.25) is 5.91 Å². The predicted octanol–water partition coefficient (Wildman–Crippen LogP) is 2.77. The number of aryl methyl sites for hydroxylation is 2. The first-order valence-electron chi connectivity index (χ1n) is 10.5. The van der Waals surface area contributed by atoms with Crippen molar-refractivity contribution < 1.29 is 9.21 Å². The molecule has 0 bridgehead atoms. The highest BCUT2D eigenvalue weighted by Gasteiger charge is 2.29. The van der Waals surface area contributed by atoms with Gasteiger partial charge in [-0.05, 0) is 44.4 Å². The van der Waals surface area contributed by atoms with Crippen LogP contribution in [0.25, 0.3) is 33.3 Å². The molecule has 1 unspecified atom stereocenters. The van der Waals surface area contributed by atoms with Crippen molar-refractivity contribution in [2.75, 3.05) is 18.8 Å². The van der Waals surface area contributed by atoms with Crippen LogP contribution in [0.4, 0.5) is 5.82 Å². The van der Waals surface area contributed by atoms with E-state index in [4.69, 9.17) is 10.2 Å². The summed E-state index contributed by atoms with van der Waals surface area (Å²) >= 11 is 0. The van der Waals surface area contributed by atoms with Crippen molar-refractivity contribution in [2.24, 2.45) is 5.92 Å². The van der Waals surface area contributed by atoms with E-state index >= 15 is 0 Å². The van der Waals surface area contributed by atoms with Crippen molar-refractivity contribution in [2.45, 2.75) is 26.8 Å². The molecule has 1 aliphatic rings. The van der Waals surface area contributed by atoms with Crippen LogP contribution in [0.2, 0.25) is 0 Å². The molecule has 9 heteroatoms. The van der Waals surface area contributed by atoms with Crippen molar-refractivity contribution in [3.05, 3.63) is 52.3 Å². The first-order valence-corrected chi connectivity index (χ1v) is 10.5. The second-order valence-electron chi connectivity index (χ2n) is 8.39. The Hall–Kier alpha value is -3.88. The maximum atomic E-state index is 12.5. The van der Waals surface area contributed by atoms with Gasteiger partial charge in [-0.25, -0.2) is 5.10 Å². The van der Waals surface area contributed by atoms with E-state index in [1.807, 2.05) is 26.0 Å². The van der Waals surface area contributed by atoms with Gasteiger partial charge in [-0.15, -0.1) is 0 Å². The number of furan rings is 1. The summed E-state index contributed by atoms with van der Waals surface area (Å²) in [6, 6.07) is 6.01. The topological polar surface area (TPSA) is 123 Å². The maximum absolute atomic E-state index is 12.5. The number of amides is 1. The molecule has 0 spiro atoms. The Kier molecular flexibility index (Phi) is 4.61. The van der Waals surface area contributed by atoms with E-state index in [-0.39, 0.29) is 23.2 Å². The first-order chi connectivity index (χ1) is 15.4. The zero-order chi connectivity index (χ0) is 22.6.